The van der Waals surface area contributed by atoms with Crippen LogP contribution in [0.1, 0.15) is 28.2 Å². The molecule has 2 heterocycles. The van der Waals surface area contributed by atoms with Gasteiger partial charge < -0.3 is 14.2 Å². The maximum absolute atomic E-state index is 11.6. The lowest BCUT2D eigenvalue weighted by Gasteiger charge is -2.17. The van der Waals surface area contributed by atoms with Crippen molar-refractivity contribution >= 4 is 5.97 Å². The molecule has 0 spiro atoms. The van der Waals surface area contributed by atoms with E-state index in [2.05, 4.69) is 20.5 Å². The molecule has 5 nitrogen and oxygen atoms in total. The van der Waals surface area contributed by atoms with Crippen molar-refractivity contribution in [3.63, 3.8) is 0 Å². The molecule has 0 saturated carbocycles. The van der Waals surface area contributed by atoms with Crippen molar-refractivity contribution in [1.82, 2.24) is 14.5 Å². The van der Waals surface area contributed by atoms with Gasteiger partial charge in [-0.3, -0.25) is 0 Å². The second kappa shape index (κ2) is 7.62. The minimum atomic E-state index is -0.263. The normalized spacial score (nSPS) is 18.0. The highest BCUT2D eigenvalue weighted by molar-refractivity contribution is 5.89. The van der Waals surface area contributed by atoms with Crippen LogP contribution in [-0.4, -0.2) is 47.2 Å². The summed E-state index contributed by atoms with van der Waals surface area (Å²) in [5.41, 5.74) is 1.86. The molecule has 0 N–H and O–H groups in total. The van der Waals surface area contributed by atoms with E-state index in [1.165, 1.54) is 19.1 Å². The van der Waals surface area contributed by atoms with Gasteiger partial charge in [-0.15, -0.1) is 0 Å². The summed E-state index contributed by atoms with van der Waals surface area (Å²) >= 11 is 0. The number of methoxy groups -OCH3 is 1. The van der Waals surface area contributed by atoms with Crippen LogP contribution in [0.2, 0.25) is 0 Å². The SMILES string of the molecule is COC(=O)c1cccc(CC2CCN(CCn3ccnc3C)C2)c1. The molecule has 1 saturated heterocycles. The first kappa shape index (κ1) is 16.7. The topological polar surface area (TPSA) is 47.4 Å². The van der Waals surface area contributed by atoms with Gasteiger partial charge in [0.2, 0.25) is 0 Å². The number of nitrogens with zero attached hydrogens (tertiary/aromatic N) is 3. The first-order valence-electron chi connectivity index (χ1n) is 8.53. The van der Waals surface area contributed by atoms with E-state index < -0.39 is 0 Å². The summed E-state index contributed by atoms with van der Waals surface area (Å²) in [6, 6.07) is 7.81. The molecule has 0 bridgehead atoms. The predicted molar refractivity (Wildman–Crippen MR) is 93.0 cm³/mol. The third kappa shape index (κ3) is 4.03. The van der Waals surface area contributed by atoms with Crippen LogP contribution in [0.25, 0.3) is 0 Å². The Morgan fingerprint density at radius 3 is 3.00 bits per heavy atom. The Balaban J connectivity index is 1.51. The number of carbonyl (C=O) groups excluding carboxylic acids is 1. The van der Waals surface area contributed by atoms with Gasteiger partial charge in [0, 0.05) is 32.0 Å². The molecule has 5 heteroatoms. The Kier molecular flexibility index (Phi) is 5.30. The fourth-order valence-electron chi connectivity index (χ4n) is 3.45. The van der Waals surface area contributed by atoms with Crippen molar-refractivity contribution in [2.75, 3.05) is 26.7 Å². The quantitative estimate of drug-likeness (QED) is 0.765. The zero-order valence-electron chi connectivity index (χ0n) is 14.4. The van der Waals surface area contributed by atoms with E-state index in [1.807, 2.05) is 37.5 Å². The van der Waals surface area contributed by atoms with E-state index in [9.17, 15) is 4.79 Å². The summed E-state index contributed by atoms with van der Waals surface area (Å²) in [5, 5.41) is 0. The number of carbonyl (C=O) groups is 1. The molecule has 128 valence electrons. The predicted octanol–water partition coefficient (Wildman–Crippen LogP) is 2.54. The van der Waals surface area contributed by atoms with Gasteiger partial charge in [-0.25, -0.2) is 9.78 Å². The largest absolute Gasteiger partial charge is 0.465 e. The summed E-state index contributed by atoms with van der Waals surface area (Å²) in [6.45, 7) is 6.37. The zero-order chi connectivity index (χ0) is 16.9. The van der Waals surface area contributed by atoms with Crippen molar-refractivity contribution < 1.29 is 9.53 Å². The van der Waals surface area contributed by atoms with Gasteiger partial charge in [0.05, 0.1) is 12.7 Å². The van der Waals surface area contributed by atoms with Crippen LogP contribution in [0, 0.1) is 12.8 Å². The van der Waals surface area contributed by atoms with Crippen molar-refractivity contribution in [2.45, 2.75) is 26.3 Å². The van der Waals surface area contributed by atoms with Crippen LogP contribution in [0.3, 0.4) is 0 Å². The second-order valence-electron chi connectivity index (χ2n) is 6.52. The maximum Gasteiger partial charge on any atom is 0.337 e. The molecule has 1 aliphatic heterocycles. The van der Waals surface area contributed by atoms with E-state index in [0.717, 1.165) is 38.4 Å². The lowest BCUT2D eigenvalue weighted by atomic mass is 9.97. The monoisotopic (exact) mass is 327 g/mol. The minimum absolute atomic E-state index is 0.263. The Morgan fingerprint density at radius 1 is 1.38 bits per heavy atom. The van der Waals surface area contributed by atoms with E-state index in [-0.39, 0.29) is 5.97 Å². The van der Waals surface area contributed by atoms with Crippen LogP contribution in [0.15, 0.2) is 36.7 Å². The summed E-state index contributed by atoms with van der Waals surface area (Å²) in [6.07, 6.45) is 6.13. The van der Waals surface area contributed by atoms with Crippen molar-refractivity contribution in [2.24, 2.45) is 5.92 Å². The van der Waals surface area contributed by atoms with Crippen LogP contribution in [0.5, 0.6) is 0 Å². The number of benzene rings is 1. The highest BCUT2D eigenvalue weighted by Crippen LogP contribution is 2.21. The standard InChI is InChI=1S/C19H25N3O2/c1-15-20-7-9-22(15)11-10-21-8-6-17(14-21)12-16-4-3-5-18(13-16)19(23)24-2/h3-5,7,9,13,17H,6,8,10-12,14H2,1-2H3. The van der Waals surface area contributed by atoms with Crippen LogP contribution < -0.4 is 0 Å². The minimum Gasteiger partial charge on any atom is -0.465 e. The average molecular weight is 327 g/mol. The molecule has 1 unspecified atom stereocenters. The van der Waals surface area contributed by atoms with Gasteiger partial charge in [0.1, 0.15) is 5.82 Å². The average Bonchev–Trinajstić information content (AvgIpc) is 3.21. The highest BCUT2D eigenvalue weighted by Gasteiger charge is 2.22. The molecule has 1 aromatic carbocycles. The summed E-state index contributed by atoms with van der Waals surface area (Å²) in [4.78, 5) is 18.4. The first-order valence-corrected chi connectivity index (χ1v) is 8.53. The van der Waals surface area contributed by atoms with Crippen molar-refractivity contribution in [1.29, 1.82) is 0 Å². The van der Waals surface area contributed by atoms with Gasteiger partial charge in [0.25, 0.3) is 0 Å². The lowest BCUT2D eigenvalue weighted by molar-refractivity contribution is 0.0600. The lowest BCUT2D eigenvalue weighted by Crippen LogP contribution is -2.25. The number of ether oxygens (including phenoxy) is 1. The van der Waals surface area contributed by atoms with Gasteiger partial charge in [-0.05, 0) is 49.9 Å². The van der Waals surface area contributed by atoms with Gasteiger partial charge in [-0.1, -0.05) is 12.1 Å². The van der Waals surface area contributed by atoms with Gasteiger partial charge in [-0.2, -0.15) is 0 Å². The molecule has 1 fully saturated rings. The van der Waals surface area contributed by atoms with Gasteiger partial charge >= 0.3 is 5.97 Å². The molecule has 1 aromatic heterocycles. The fraction of sp³-hybridized carbons (Fsp3) is 0.474. The van der Waals surface area contributed by atoms with E-state index >= 15 is 0 Å². The Labute approximate surface area is 143 Å². The van der Waals surface area contributed by atoms with Crippen LogP contribution in [0.4, 0.5) is 0 Å². The highest BCUT2D eigenvalue weighted by atomic mass is 16.5. The van der Waals surface area contributed by atoms with Crippen molar-refractivity contribution in [3.8, 4) is 0 Å². The number of hydrogen-bond acceptors (Lipinski definition) is 4. The smallest absolute Gasteiger partial charge is 0.337 e. The Morgan fingerprint density at radius 2 is 2.25 bits per heavy atom. The second-order valence-corrected chi connectivity index (χ2v) is 6.52. The Hall–Kier alpha value is -2.14. The molecule has 0 amide bonds. The Bertz CT molecular complexity index is 695. The molecule has 0 radical (unpaired) electrons. The molecular weight excluding hydrogens is 302 g/mol. The molecule has 1 aliphatic rings. The zero-order valence-corrected chi connectivity index (χ0v) is 14.4. The van der Waals surface area contributed by atoms with Crippen LogP contribution in [-0.2, 0) is 17.7 Å². The number of aromatic nitrogens is 2. The van der Waals surface area contributed by atoms with E-state index in [4.69, 9.17) is 4.74 Å². The number of likely N-dealkylation sites (tertiary alicyclic amines) is 1. The van der Waals surface area contributed by atoms with Crippen molar-refractivity contribution in [3.05, 3.63) is 53.6 Å². The summed E-state index contributed by atoms with van der Waals surface area (Å²) in [5.74, 6) is 1.47. The fourth-order valence-corrected chi connectivity index (χ4v) is 3.45. The third-order valence-corrected chi connectivity index (χ3v) is 4.82. The molecule has 3 rings (SSSR count). The first-order chi connectivity index (χ1) is 11.7. The number of rotatable bonds is 6. The third-order valence-electron chi connectivity index (χ3n) is 4.82. The molecule has 24 heavy (non-hydrogen) atoms. The van der Waals surface area contributed by atoms with Crippen LogP contribution >= 0.6 is 0 Å². The maximum atomic E-state index is 11.6. The number of aryl methyl sites for hydroxylation is 1. The summed E-state index contributed by atoms with van der Waals surface area (Å²) < 4.78 is 7.00. The molecular formula is C19H25N3O2. The molecule has 1 atom stereocenters. The molecule has 2 aromatic rings. The number of esters is 1. The molecule has 0 aliphatic carbocycles. The van der Waals surface area contributed by atoms with E-state index in [0.29, 0.717) is 11.5 Å². The van der Waals surface area contributed by atoms with Gasteiger partial charge in [0.15, 0.2) is 0 Å². The number of imidazole rings is 1. The number of hydrogen-bond donors (Lipinski definition) is 0. The van der Waals surface area contributed by atoms with E-state index in [1.54, 1.807) is 0 Å². The summed E-state index contributed by atoms with van der Waals surface area (Å²) in [7, 11) is 1.42.